The molecule has 30 heavy (non-hydrogen) atoms. The number of carbonyl (C=O) groups excluding carboxylic acids is 2. The first-order valence-corrected chi connectivity index (χ1v) is 10.7. The summed E-state index contributed by atoms with van der Waals surface area (Å²) < 4.78 is 17.7. The Morgan fingerprint density at radius 2 is 2.00 bits per heavy atom. The van der Waals surface area contributed by atoms with E-state index in [1.807, 2.05) is 0 Å². The summed E-state index contributed by atoms with van der Waals surface area (Å²) in [6.45, 7) is 2.99. The van der Waals surface area contributed by atoms with Crippen LogP contribution in [0.2, 0.25) is 0 Å². The summed E-state index contributed by atoms with van der Waals surface area (Å²) in [6, 6.07) is -0.380. The number of carbonyl (C=O) groups is 2. The van der Waals surface area contributed by atoms with E-state index in [-0.39, 0.29) is 60.0 Å². The molecule has 9 heteroatoms. The normalized spacial score (nSPS) is 49.2. The first kappa shape index (κ1) is 17.9. The molecule has 1 aliphatic carbocycles. The number of aliphatic hydroxyl groups is 1. The van der Waals surface area contributed by atoms with Gasteiger partial charge in [-0.2, -0.15) is 0 Å². The van der Waals surface area contributed by atoms with Crippen molar-refractivity contribution in [3.05, 3.63) is 22.6 Å². The second kappa shape index (κ2) is 5.34. The van der Waals surface area contributed by atoms with Crippen LogP contribution >= 0.6 is 0 Å². The predicted molar refractivity (Wildman–Crippen MR) is 101 cm³/mol. The number of ketones is 2. The van der Waals surface area contributed by atoms with E-state index in [0.717, 1.165) is 6.42 Å². The van der Waals surface area contributed by atoms with Gasteiger partial charge in [0.25, 0.3) is 0 Å². The van der Waals surface area contributed by atoms with Crippen LogP contribution < -0.4 is 0 Å². The second-order valence-electron chi connectivity index (χ2n) is 9.57. The Balaban J connectivity index is 1.54. The van der Waals surface area contributed by atoms with E-state index in [4.69, 9.17) is 14.2 Å². The zero-order chi connectivity index (χ0) is 20.7. The fourth-order valence-electron chi connectivity index (χ4n) is 7.72. The Morgan fingerprint density at radius 1 is 1.20 bits per heavy atom. The minimum atomic E-state index is -1.93. The van der Waals surface area contributed by atoms with Crippen molar-refractivity contribution in [1.82, 2.24) is 14.7 Å². The van der Waals surface area contributed by atoms with E-state index in [9.17, 15) is 14.7 Å². The molecule has 5 saturated heterocycles. The monoisotopic (exact) mass is 415 g/mol. The molecule has 7 rings (SSSR count). The van der Waals surface area contributed by atoms with Crippen LogP contribution in [0.5, 0.6) is 0 Å². The molecule has 1 N–H and O–H groups in total. The Kier molecular flexibility index (Phi) is 3.18. The highest BCUT2D eigenvalue weighted by molar-refractivity contribution is 6.24. The third kappa shape index (κ3) is 1.63. The largest absolute Gasteiger partial charge is 0.492 e. The molecule has 0 unspecified atom stereocenters. The molecule has 160 valence electrons. The lowest BCUT2D eigenvalue weighted by atomic mass is 9.63. The fourth-order valence-corrected chi connectivity index (χ4v) is 7.72. The molecule has 7 aliphatic rings. The summed E-state index contributed by atoms with van der Waals surface area (Å²) in [4.78, 5) is 33.9. The number of ether oxygens (including phenoxy) is 3. The Hall–Kier alpha value is -1.78. The van der Waals surface area contributed by atoms with Gasteiger partial charge in [-0.05, 0) is 20.4 Å². The smallest absolute Gasteiger partial charge is 0.229 e. The average Bonchev–Trinajstić information content (AvgIpc) is 3.41. The van der Waals surface area contributed by atoms with Crippen molar-refractivity contribution in [2.75, 3.05) is 33.9 Å². The molecule has 0 saturated carbocycles. The van der Waals surface area contributed by atoms with Gasteiger partial charge in [0, 0.05) is 24.1 Å². The highest BCUT2D eigenvalue weighted by Crippen LogP contribution is 2.58. The van der Waals surface area contributed by atoms with Crippen molar-refractivity contribution in [3.8, 4) is 0 Å². The highest BCUT2D eigenvalue weighted by Gasteiger charge is 2.74. The number of hydrogen-bond donors (Lipinski definition) is 1. The molecular formula is C21H25N3O6. The zero-order valence-electron chi connectivity index (χ0n) is 17.2. The second-order valence-corrected chi connectivity index (χ2v) is 9.57. The van der Waals surface area contributed by atoms with Crippen LogP contribution in [0.15, 0.2) is 22.6 Å². The van der Waals surface area contributed by atoms with Crippen LogP contribution in [0, 0.1) is 5.92 Å². The summed E-state index contributed by atoms with van der Waals surface area (Å²) >= 11 is 0. The molecule has 2 bridgehead atoms. The number of hydrogen-bond acceptors (Lipinski definition) is 9. The van der Waals surface area contributed by atoms with Crippen molar-refractivity contribution in [3.63, 3.8) is 0 Å². The predicted octanol–water partition coefficient (Wildman–Crippen LogP) is -1.17. The summed E-state index contributed by atoms with van der Waals surface area (Å²) in [6.07, 6.45) is 0.597. The number of methoxy groups -OCH3 is 1. The van der Waals surface area contributed by atoms with Crippen LogP contribution in [0.4, 0.5) is 0 Å². The summed E-state index contributed by atoms with van der Waals surface area (Å²) in [5, 5.41) is 12.2. The van der Waals surface area contributed by atoms with E-state index in [1.165, 1.54) is 7.11 Å². The molecule has 6 heterocycles. The SMILES string of the molecule is COC1=C(C)C(=O)[C@]2(O)C(=C3CO[C@@H]4[C@H]5C[C@H]6[C@H]([C@H]([C@@H]2N2CCO[C@@H]62)N34)N5C)C1=O. The van der Waals surface area contributed by atoms with Gasteiger partial charge in [-0.1, -0.05) is 0 Å². The molecule has 0 aromatic heterocycles. The average molecular weight is 415 g/mol. The van der Waals surface area contributed by atoms with Crippen LogP contribution in [-0.4, -0.2) is 108 Å². The molecule has 0 spiro atoms. The van der Waals surface area contributed by atoms with Crippen molar-refractivity contribution in [2.45, 2.75) is 55.6 Å². The van der Waals surface area contributed by atoms with Crippen LogP contribution in [0.3, 0.4) is 0 Å². The first-order chi connectivity index (χ1) is 14.4. The summed E-state index contributed by atoms with van der Waals surface area (Å²) in [5.41, 5.74) is -0.936. The third-order valence-electron chi connectivity index (χ3n) is 8.70. The Labute approximate surface area is 173 Å². The number of fused-ring (bicyclic) bond motifs is 7. The van der Waals surface area contributed by atoms with Gasteiger partial charge in [0.05, 0.1) is 49.7 Å². The number of piperazine rings is 1. The summed E-state index contributed by atoms with van der Waals surface area (Å²) in [5.74, 6) is -0.541. The lowest BCUT2D eigenvalue weighted by Crippen LogP contribution is -2.81. The standard InChI is InChI=1S/C21H25N3O6/c1-8-16(28-3)15(25)12-11-7-30-20-10-6-9-13(22(10)2)14(24(11)20)17(21(12,27)18(8)26)23-4-5-29-19(9)23/h9-10,13-14,17,19-20,27H,4-7H2,1-3H3/t9-,10+,13+,14+,17-,19-,20+,21-/m0/s1. The topological polar surface area (TPSA) is 91.8 Å². The van der Waals surface area contributed by atoms with Gasteiger partial charge in [-0.25, -0.2) is 0 Å². The van der Waals surface area contributed by atoms with E-state index in [0.29, 0.717) is 18.8 Å². The van der Waals surface area contributed by atoms with Gasteiger partial charge in [-0.3, -0.25) is 19.4 Å². The molecular weight excluding hydrogens is 390 g/mol. The lowest BCUT2D eigenvalue weighted by molar-refractivity contribution is -0.193. The molecule has 0 aromatic carbocycles. The van der Waals surface area contributed by atoms with Gasteiger partial charge in [0.1, 0.15) is 12.5 Å². The molecule has 9 nitrogen and oxygen atoms in total. The van der Waals surface area contributed by atoms with Crippen LogP contribution in [0.25, 0.3) is 0 Å². The highest BCUT2D eigenvalue weighted by atomic mass is 16.5. The number of rotatable bonds is 1. The minimum absolute atomic E-state index is 0.0223. The Morgan fingerprint density at radius 3 is 2.77 bits per heavy atom. The maximum atomic E-state index is 13.7. The van der Waals surface area contributed by atoms with E-state index in [2.05, 4.69) is 21.7 Å². The van der Waals surface area contributed by atoms with E-state index in [1.54, 1.807) is 6.92 Å². The molecule has 0 amide bonds. The van der Waals surface area contributed by atoms with Gasteiger partial charge in [-0.15, -0.1) is 0 Å². The van der Waals surface area contributed by atoms with Gasteiger partial charge >= 0.3 is 0 Å². The fraction of sp³-hybridized carbons (Fsp3) is 0.714. The van der Waals surface area contributed by atoms with E-state index >= 15 is 0 Å². The van der Waals surface area contributed by atoms with E-state index < -0.39 is 23.2 Å². The van der Waals surface area contributed by atoms with Crippen molar-refractivity contribution in [1.29, 1.82) is 0 Å². The lowest BCUT2D eigenvalue weighted by Gasteiger charge is -2.62. The zero-order valence-corrected chi connectivity index (χ0v) is 17.2. The number of nitrogens with zero attached hydrogens (tertiary/aromatic N) is 3. The molecule has 5 fully saturated rings. The number of allylic oxidation sites excluding steroid dienone is 1. The van der Waals surface area contributed by atoms with Crippen molar-refractivity contribution >= 4 is 11.6 Å². The van der Waals surface area contributed by atoms with Crippen LogP contribution in [-0.2, 0) is 23.8 Å². The quantitative estimate of drug-likeness (QED) is 0.569. The number of piperidine rings is 1. The molecule has 6 aliphatic heterocycles. The van der Waals surface area contributed by atoms with Crippen molar-refractivity contribution < 1.29 is 28.9 Å². The minimum Gasteiger partial charge on any atom is -0.492 e. The molecule has 8 atom stereocenters. The van der Waals surface area contributed by atoms with Crippen molar-refractivity contribution in [2.24, 2.45) is 5.92 Å². The van der Waals surface area contributed by atoms with Crippen LogP contribution in [0.1, 0.15) is 13.3 Å². The molecule has 0 radical (unpaired) electrons. The summed E-state index contributed by atoms with van der Waals surface area (Å²) in [7, 11) is 3.51. The Bertz CT molecular complexity index is 976. The maximum absolute atomic E-state index is 13.7. The molecule has 0 aromatic rings. The van der Waals surface area contributed by atoms with Gasteiger partial charge in [0.15, 0.2) is 17.1 Å². The number of likely N-dealkylation sites (N-methyl/N-ethyl adjacent to an activating group) is 1. The van der Waals surface area contributed by atoms with Gasteiger partial charge in [0.2, 0.25) is 5.78 Å². The number of Topliss-reactive ketones (excluding diaryl/α,β-unsaturated/α-hetero) is 2. The maximum Gasteiger partial charge on any atom is 0.229 e. The van der Waals surface area contributed by atoms with Gasteiger partial charge < -0.3 is 24.2 Å². The first-order valence-electron chi connectivity index (χ1n) is 10.7. The third-order valence-corrected chi connectivity index (χ3v) is 8.70.